The molecule has 3 aromatic rings. The van der Waals surface area contributed by atoms with Crippen molar-refractivity contribution in [2.45, 2.75) is 27.3 Å². The van der Waals surface area contributed by atoms with Crippen LogP contribution in [-0.4, -0.2) is 16.3 Å². The van der Waals surface area contributed by atoms with Crippen molar-refractivity contribution < 1.29 is 5.11 Å². The second-order valence-corrected chi connectivity index (χ2v) is 6.87. The van der Waals surface area contributed by atoms with Gasteiger partial charge in [-0.05, 0) is 61.2 Å². The molecule has 2 aromatic carbocycles. The highest BCUT2D eigenvalue weighted by Crippen LogP contribution is 2.23. The Bertz CT molecular complexity index is 921. The van der Waals surface area contributed by atoms with Gasteiger partial charge < -0.3 is 9.67 Å². The molecule has 0 aliphatic heterocycles. The van der Waals surface area contributed by atoms with Gasteiger partial charge in [-0.2, -0.15) is 0 Å². The van der Waals surface area contributed by atoms with Crippen molar-refractivity contribution in [1.29, 1.82) is 0 Å². The van der Waals surface area contributed by atoms with E-state index in [1.807, 2.05) is 12.1 Å². The van der Waals surface area contributed by atoms with Crippen LogP contribution in [0.3, 0.4) is 0 Å². The quantitative estimate of drug-likeness (QED) is 0.754. The van der Waals surface area contributed by atoms with Gasteiger partial charge >= 0.3 is 0 Å². The third-order valence-corrected chi connectivity index (χ3v) is 5.01. The molecule has 24 heavy (non-hydrogen) atoms. The molecule has 1 heterocycles. The molecule has 0 spiro atoms. The zero-order valence-electron chi connectivity index (χ0n) is 14.3. The lowest BCUT2D eigenvalue weighted by Gasteiger charge is -2.09. The van der Waals surface area contributed by atoms with Crippen LogP contribution < -0.4 is 4.80 Å². The van der Waals surface area contributed by atoms with E-state index in [1.165, 1.54) is 16.7 Å². The fourth-order valence-electron chi connectivity index (χ4n) is 2.67. The van der Waals surface area contributed by atoms with Gasteiger partial charge in [0.05, 0.1) is 18.0 Å². The molecule has 0 amide bonds. The first kappa shape index (κ1) is 16.7. The maximum absolute atomic E-state index is 9.48. The molecular formula is C20H22N2OS. The van der Waals surface area contributed by atoms with Gasteiger partial charge in [-0.3, -0.25) is 0 Å². The summed E-state index contributed by atoms with van der Waals surface area (Å²) in [6.45, 7) is 6.94. The van der Waals surface area contributed by atoms with Crippen molar-refractivity contribution in [3.8, 4) is 11.3 Å². The van der Waals surface area contributed by atoms with Crippen LogP contribution in [0.1, 0.15) is 16.7 Å². The first-order valence-electron chi connectivity index (χ1n) is 8.06. The number of rotatable bonds is 4. The average molecular weight is 338 g/mol. The molecule has 0 saturated carbocycles. The van der Waals surface area contributed by atoms with Crippen molar-refractivity contribution in [2.24, 2.45) is 4.99 Å². The van der Waals surface area contributed by atoms with Gasteiger partial charge in [-0.1, -0.05) is 24.3 Å². The Balaban J connectivity index is 2.12. The minimum Gasteiger partial charge on any atom is -0.395 e. The van der Waals surface area contributed by atoms with Crippen molar-refractivity contribution >= 4 is 17.0 Å². The lowest BCUT2D eigenvalue weighted by molar-refractivity contribution is 0.275. The highest BCUT2D eigenvalue weighted by Gasteiger charge is 2.09. The number of hydrogen-bond acceptors (Lipinski definition) is 3. The summed E-state index contributed by atoms with van der Waals surface area (Å²) in [5, 5.41) is 11.6. The standard InChI is InChI=1S/C20H22N2OS/c1-14-5-4-6-18(11-14)21-20-22(9-10-23)19(13-24-20)17-8-7-15(2)16(3)12-17/h4-8,11-13,23H,9-10H2,1-3H3. The summed E-state index contributed by atoms with van der Waals surface area (Å²) in [7, 11) is 0. The summed E-state index contributed by atoms with van der Waals surface area (Å²) >= 11 is 1.61. The number of benzene rings is 2. The van der Waals surface area contributed by atoms with E-state index < -0.39 is 0 Å². The summed E-state index contributed by atoms with van der Waals surface area (Å²) < 4.78 is 2.09. The predicted octanol–water partition coefficient (Wildman–Crippen LogP) is 4.37. The summed E-state index contributed by atoms with van der Waals surface area (Å²) in [6, 6.07) is 14.6. The highest BCUT2D eigenvalue weighted by molar-refractivity contribution is 7.07. The zero-order valence-corrected chi connectivity index (χ0v) is 15.1. The maximum Gasteiger partial charge on any atom is 0.190 e. The molecule has 0 aliphatic rings. The molecule has 0 unspecified atom stereocenters. The van der Waals surface area contributed by atoms with E-state index in [1.54, 1.807) is 11.3 Å². The smallest absolute Gasteiger partial charge is 0.190 e. The van der Waals surface area contributed by atoms with Gasteiger partial charge in [0, 0.05) is 11.9 Å². The molecule has 0 saturated heterocycles. The molecular weight excluding hydrogens is 316 g/mol. The van der Waals surface area contributed by atoms with Gasteiger partial charge in [0.2, 0.25) is 0 Å². The fourth-order valence-corrected chi connectivity index (χ4v) is 3.63. The largest absolute Gasteiger partial charge is 0.395 e. The number of hydrogen-bond donors (Lipinski definition) is 1. The van der Waals surface area contributed by atoms with Crippen molar-refractivity contribution in [2.75, 3.05) is 6.61 Å². The SMILES string of the molecule is Cc1cccc(N=c2scc(-c3ccc(C)c(C)c3)n2CCO)c1. The van der Waals surface area contributed by atoms with E-state index in [-0.39, 0.29) is 6.61 Å². The van der Waals surface area contributed by atoms with Crippen molar-refractivity contribution in [3.05, 3.63) is 69.3 Å². The minimum atomic E-state index is 0.0928. The monoisotopic (exact) mass is 338 g/mol. The fraction of sp³-hybridized carbons (Fsp3) is 0.250. The van der Waals surface area contributed by atoms with Gasteiger partial charge in [0.15, 0.2) is 4.80 Å². The Morgan fingerprint density at radius 3 is 2.58 bits per heavy atom. The van der Waals surface area contributed by atoms with Crippen LogP contribution in [-0.2, 0) is 6.54 Å². The first-order valence-corrected chi connectivity index (χ1v) is 8.94. The molecule has 3 rings (SSSR count). The number of aliphatic hydroxyl groups is 1. The third-order valence-electron chi connectivity index (χ3n) is 4.15. The molecule has 124 valence electrons. The van der Waals surface area contributed by atoms with E-state index in [2.05, 4.69) is 61.1 Å². The van der Waals surface area contributed by atoms with Gasteiger partial charge in [0.25, 0.3) is 0 Å². The normalized spacial score (nSPS) is 11.9. The van der Waals surface area contributed by atoms with Crippen LogP contribution in [0.5, 0.6) is 0 Å². The molecule has 0 atom stereocenters. The van der Waals surface area contributed by atoms with Crippen LogP contribution in [0.2, 0.25) is 0 Å². The number of aromatic nitrogens is 1. The number of thiazole rings is 1. The van der Waals surface area contributed by atoms with Crippen LogP contribution in [0.4, 0.5) is 5.69 Å². The molecule has 3 nitrogen and oxygen atoms in total. The molecule has 0 bridgehead atoms. The van der Waals surface area contributed by atoms with E-state index in [9.17, 15) is 5.11 Å². The van der Waals surface area contributed by atoms with Crippen molar-refractivity contribution in [1.82, 2.24) is 4.57 Å². The lowest BCUT2D eigenvalue weighted by atomic mass is 10.0. The number of aryl methyl sites for hydroxylation is 3. The Labute approximate surface area is 146 Å². The molecule has 0 radical (unpaired) electrons. The zero-order chi connectivity index (χ0) is 17.1. The first-order chi connectivity index (χ1) is 11.6. The number of aliphatic hydroxyl groups excluding tert-OH is 1. The van der Waals surface area contributed by atoms with Crippen LogP contribution in [0.15, 0.2) is 52.8 Å². The Hall–Kier alpha value is -2.17. The minimum absolute atomic E-state index is 0.0928. The predicted molar refractivity (Wildman–Crippen MR) is 101 cm³/mol. The molecule has 0 aliphatic carbocycles. The molecule has 1 aromatic heterocycles. The van der Waals surface area contributed by atoms with E-state index in [0.717, 1.165) is 21.7 Å². The van der Waals surface area contributed by atoms with Gasteiger partial charge in [-0.15, -0.1) is 11.3 Å². The highest BCUT2D eigenvalue weighted by atomic mass is 32.1. The van der Waals surface area contributed by atoms with E-state index >= 15 is 0 Å². The van der Waals surface area contributed by atoms with Gasteiger partial charge in [-0.25, -0.2) is 4.99 Å². The van der Waals surface area contributed by atoms with Crippen LogP contribution in [0.25, 0.3) is 11.3 Å². The average Bonchev–Trinajstić information content (AvgIpc) is 2.93. The van der Waals surface area contributed by atoms with E-state index in [4.69, 9.17) is 4.99 Å². The molecule has 0 fully saturated rings. The van der Waals surface area contributed by atoms with Crippen molar-refractivity contribution in [3.63, 3.8) is 0 Å². The molecule has 1 N–H and O–H groups in total. The second kappa shape index (κ2) is 7.16. The summed E-state index contributed by atoms with van der Waals surface area (Å²) in [5.74, 6) is 0. The number of nitrogens with zero attached hydrogens (tertiary/aromatic N) is 2. The summed E-state index contributed by atoms with van der Waals surface area (Å²) in [5.41, 5.74) is 6.95. The second-order valence-electron chi connectivity index (χ2n) is 6.03. The summed E-state index contributed by atoms with van der Waals surface area (Å²) in [6.07, 6.45) is 0. The van der Waals surface area contributed by atoms with Crippen LogP contribution >= 0.6 is 11.3 Å². The van der Waals surface area contributed by atoms with Crippen LogP contribution in [0, 0.1) is 20.8 Å². The Kier molecular flexibility index (Phi) is 4.97. The van der Waals surface area contributed by atoms with Gasteiger partial charge in [0.1, 0.15) is 0 Å². The maximum atomic E-state index is 9.48. The molecule has 4 heteroatoms. The summed E-state index contributed by atoms with van der Waals surface area (Å²) in [4.78, 5) is 5.68. The third kappa shape index (κ3) is 3.50. The lowest BCUT2D eigenvalue weighted by Crippen LogP contribution is -2.17. The Morgan fingerprint density at radius 2 is 1.88 bits per heavy atom. The van der Waals surface area contributed by atoms with E-state index in [0.29, 0.717) is 6.54 Å². The topological polar surface area (TPSA) is 37.5 Å². The Morgan fingerprint density at radius 1 is 1.04 bits per heavy atom.